The Balaban J connectivity index is 3.19. The van der Waals surface area contributed by atoms with E-state index in [0.717, 1.165) is 11.7 Å². The van der Waals surface area contributed by atoms with Crippen molar-refractivity contribution in [1.29, 1.82) is 0 Å². The Labute approximate surface area is 62.7 Å². The van der Waals surface area contributed by atoms with E-state index >= 15 is 0 Å². The topological polar surface area (TPSA) is 0 Å². The molecule has 53 valence electrons. The molecule has 0 aromatic rings. The molecule has 0 fully saturated rings. The lowest BCUT2D eigenvalue weighted by Gasteiger charge is -2.08. The highest BCUT2D eigenvalue weighted by Crippen LogP contribution is 2.15. The number of hydrogen-bond donors (Lipinski definition) is 0. The van der Waals surface area contributed by atoms with Crippen LogP contribution in [0.25, 0.3) is 0 Å². The van der Waals surface area contributed by atoms with E-state index < -0.39 is 0 Å². The number of allylic oxidation sites excluding steroid dienone is 1. The fourth-order valence-corrected chi connectivity index (χ4v) is 1.48. The summed E-state index contributed by atoms with van der Waals surface area (Å²) >= 11 is 1.93. The minimum Gasteiger partial charge on any atom is -0.162 e. The van der Waals surface area contributed by atoms with Crippen molar-refractivity contribution in [2.24, 2.45) is 0 Å². The molecule has 1 heteroatoms. The first kappa shape index (κ1) is 9.09. The highest BCUT2D eigenvalue weighted by molar-refractivity contribution is 7.99. The zero-order valence-corrected chi connectivity index (χ0v) is 7.08. The Morgan fingerprint density at radius 1 is 1.67 bits per heavy atom. The van der Waals surface area contributed by atoms with E-state index in [4.69, 9.17) is 6.58 Å². The van der Waals surface area contributed by atoms with Gasteiger partial charge < -0.3 is 0 Å². The maximum Gasteiger partial charge on any atom is 0.00446 e. The molecule has 0 spiro atoms. The van der Waals surface area contributed by atoms with Crippen LogP contribution >= 0.6 is 11.8 Å². The Morgan fingerprint density at radius 3 is 2.67 bits per heavy atom. The second-order valence-electron chi connectivity index (χ2n) is 2.08. The van der Waals surface area contributed by atoms with Crippen LogP contribution in [0.5, 0.6) is 0 Å². The molecule has 1 radical (unpaired) electrons. The van der Waals surface area contributed by atoms with Crippen LogP contribution in [0.3, 0.4) is 0 Å². The van der Waals surface area contributed by atoms with Gasteiger partial charge in [-0.15, -0.1) is 0 Å². The highest BCUT2D eigenvalue weighted by atomic mass is 32.2. The third-order valence-corrected chi connectivity index (χ3v) is 2.68. The molecule has 0 saturated heterocycles. The molecule has 0 amide bonds. The van der Waals surface area contributed by atoms with Gasteiger partial charge in [0.25, 0.3) is 0 Å². The van der Waals surface area contributed by atoms with Gasteiger partial charge in [-0.05, 0) is 25.5 Å². The van der Waals surface area contributed by atoms with E-state index in [1.807, 2.05) is 11.8 Å². The molecule has 0 nitrogen and oxygen atoms in total. The zero-order chi connectivity index (χ0) is 7.11. The first-order chi connectivity index (χ1) is 4.35. The summed E-state index contributed by atoms with van der Waals surface area (Å²) in [6, 6.07) is 0. The second-order valence-corrected chi connectivity index (χ2v) is 3.22. The van der Waals surface area contributed by atoms with Gasteiger partial charge in [0.05, 0.1) is 0 Å². The summed E-state index contributed by atoms with van der Waals surface area (Å²) in [5.74, 6) is 0. The summed E-state index contributed by atoms with van der Waals surface area (Å²) in [5.41, 5.74) is 0. The lowest BCUT2D eigenvalue weighted by atomic mass is 10.2. The lowest BCUT2D eigenvalue weighted by molar-refractivity contribution is 0.750. The van der Waals surface area contributed by atoms with Crippen molar-refractivity contribution in [3.05, 3.63) is 12.7 Å². The van der Waals surface area contributed by atoms with Crippen molar-refractivity contribution in [1.82, 2.24) is 0 Å². The maximum absolute atomic E-state index is 5.25. The average Bonchev–Trinajstić information content (AvgIpc) is 1.91. The molecule has 9 heavy (non-hydrogen) atoms. The van der Waals surface area contributed by atoms with Crippen molar-refractivity contribution in [2.75, 3.05) is 6.26 Å². The van der Waals surface area contributed by atoms with Gasteiger partial charge in [0.1, 0.15) is 0 Å². The quantitative estimate of drug-likeness (QED) is 0.570. The van der Waals surface area contributed by atoms with Crippen LogP contribution in [0.2, 0.25) is 0 Å². The van der Waals surface area contributed by atoms with E-state index in [9.17, 15) is 0 Å². The van der Waals surface area contributed by atoms with Crippen LogP contribution in [-0.2, 0) is 0 Å². The molecule has 0 aromatic heterocycles. The summed E-state index contributed by atoms with van der Waals surface area (Å²) in [7, 11) is 0. The van der Waals surface area contributed by atoms with Crippen LogP contribution in [0.1, 0.15) is 26.2 Å². The molecule has 0 aliphatic rings. The van der Waals surface area contributed by atoms with Gasteiger partial charge >= 0.3 is 0 Å². The van der Waals surface area contributed by atoms with Gasteiger partial charge in [0.15, 0.2) is 0 Å². The number of rotatable bonds is 5. The van der Waals surface area contributed by atoms with Gasteiger partial charge in [-0.2, -0.15) is 11.8 Å². The van der Waals surface area contributed by atoms with Crippen molar-refractivity contribution in [3.8, 4) is 0 Å². The zero-order valence-electron chi connectivity index (χ0n) is 6.26. The molecular formula is C8H15S. The highest BCUT2D eigenvalue weighted by Gasteiger charge is 2.00. The molecule has 0 N–H and O–H groups in total. The standard InChI is InChI=1S/C8H15S/c1-4-6-7-8(5-2)9-3/h1,4,8H,5-7H2,2-3H3. The Bertz CT molecular complexity index is 65.0. The van der Waals surface area contributed by atoms with Crippen LogP contribution in [0, 0.1) is 6.58 Å². The molecule has 1 unspecified atom stereocenters. The summed E-state index contributed by atoms with van der Waals surface area (Å²) in [6.45, 7) is 7.47. The SMILES string of the molecule is [CH]=CCCC(CC)SC. The first-order valence-electron chi connectivity index (χ1n) is 3.41. The van der Waals surface area contributed by atoms with E-state index in [-0.39, 0.29) is 0 Å². The Hall–Kier alpha value is 0.0900. The Morgan fingerprint density at radius 2 is 2.33 bits per heavy atom. The predicted molar refractivity (Wildman–Crippen MR) is 45.7 cm³/mol. The molecule has 1 atom stereocenters. The average molecular weight is 143 g/mol. The fourth-order valence-electron chi connectivity index (χ4n) is 0.771. The predicted octanol–water partition coefficient (Wildman–Crippen LogP) is 2.90. The normalized spacial score (nSPS) is 13.1. The smallest absolute Gasteiger partial charge is 0.00446 e. The van der Waals surface area contributed by atoms with Gasteiger partial charge in [0, 0.05) is 5.25 Å². The molecule has 0 aliphatic heterocycles. The third-order valence-electron chi connectivity index (χ3n) is 1.44. The van der Waals surface area contributed by atoms with Crippen LogP contribution in [-0.4, -0.2) is 11.5 Å². The van der Waals surface area contributed by atoms with Gasteiger partial charge in [-0.25, -0.2) is 0 Å². The number of hydrogen-bond acceptors (Lipinski definition) is 1. The minimum absolute atomic E-state index is 0.810. The summed E-state index contributed by atoms with van der Waals surface area (Å²) in [5, 5.41) is 0.810. The third kappa shape index (κ3) is 4.58. The van der Waals surface area contributed by atoms with Gasteiger partial charge in [-0.1, -0.05) is 19.6 Å². The minimum atomic E-state index is 0.810. The fraction of sp³-hybridized carbons (Fsp3) is 0.750. The molecule has 0 aromatic carbocycles. The van der Waals surface area contributed by atoms with Crippen molar-refractivity contribution < 1.29 is 0 Å². The second kappa shape index (κ2) is 6.21. The summed E-state index contributed by atoms with van der Waals surface area (Å²) in [4.78, 5) is 0. The molecule has 0 saturated carbocycles. The molecule has 0 aliphatic carbocycles. The van der Waals surface area contributed by atoms with E-state index in [2.05, 4.69) is 13.2 Å². The van der Waals surface area contributed by atoms with E-state index in [1.165, 1.54) is 12.8 Å². The summed E-state index contributed by atoms with van der Waals surface area (Å²) in [6.07, 6.45) is 7.45. The van der Waals surface area contributed by atoms with Crippen molar-refractivity contribution in [3.63, 3.8) is 0 Å². The lowest BCUT2D eigenvalue weighted by Crippen LogP contribution is -1.97. The Kier molecular flexibility index (Phi) is 6.28. The molecule has 0 rings (SSSR count). The largest absolute Gasteiger partial charge is 0.162 e. The molecule has 0 heterocycles. The monoisotopic (exact) mass is 143 g/mol. The summed E-state index contributed by atoms with van der Waals surface area (Å²) < 4.78 is 0. The van der Waals surface area contributed by atoms with Gasteiger partial charge in [-0.3, -0.25) is 0 Å². The van der Waals surface area contributed by atoms with E-state index in [0.29, 0.717) is 0 Å². The van der Waals surface area contributed by atoms with Crippen LogP contribution < -0.4 is 0 Å². The first-order valence-corrected chi connectivity index (χ1v) is 4.70. The van der Waals surface area contributed by atoms with Crippen molar-refractivity contribution >= 4 is 11.8 Å². The molecule has 0 bridgehead atoms. The van der Waals surface area contributed by atoms with Crippen molar-refractivity contribution in [2.45, 2.75) is 31.4 Å². The van der Waals surface area contributed by atoms with Gasteiger partial charge in [0.2, 0.25) is 0 Å². The van der Waals surface area contributed by atoms with Crippen LogP contribution in [0.15, 0.2) is 6.08 Å². The maximum atomic E-state index is 5.25. The van der Waals surface area contributed by atoms with Crippen LogP contribution in [0.4, 0.5) is 0 Å². The van der Waals surface area contributed by atoms with E-state index in [1.54, 1.807) is 6.08 Å². The number of thioether (sulfide) groups is 1. The molecular weight excluding hydrogens is 128 g/mol.